The Kier molecular flexibility index (Phi) is 2.45. The SMILES string of the molecule is COc1cc(N)c(SC)s1. The third kappa shape index (κ3) is 1.38. The summed E-state index contributed by atoms with van der Waals surface area (Å²) >= 11 is 3.22. The molecule has 0 radical (unpaired) electrons. The summed E-state index contributed by atoms with van der Waals surface area (Å²) < 4.78 is 6.12. The summed E-state index contributed by atoms with van der Waals surface area (Å²) in [5.41, 5.74) is 6.45. The van der Waals surface area contributed by atoms with Gasteiger partial charge in [-0.25, -0.2) is 0 Å². The molecule has 2 nitrogen and oxygen atoms in total. The van der Waals surface area contributed by atoms with Crippen molar-refractivity contribution in [3.63, 3.8) is 0 Å². The maximum Gasteiger partial charge on any atom is 0.176 e. The molecule has 0 aliphatic carbocycles. The van der Waals surface area contributed by atoms with Crippen LogP contribution in [0.25, 0.3) is 0 Å². The number of methoxy groups -OCH3 is 1. The predicted octanol–water partition coefficient (Wildman–Crippen LogP) is 2.06. The zero-order valence-corrected chi connectivity index (χ0v) is 7.51. The quantitative estimate of drug-likeness (QED) is 0.699. The molecule has 1 aromatic heterocycles. The first-order chi connectivity index (χ1) is 4.77. The van der Waals surface area contributed by atoms with Crippen molar-refractivity contribution in [3.8, 4) is 5.06 Å². The standard InChI is InChI=1S/C6H9NOS2/c1-8-5-3-4(7)6(9-2)10-5/h3H,7H2,1-2H3. The predicted molar refractivity (Wildman–Crippen MR) is 47.1 cm³/mol. The molecule has 4 heteroatoms. The van der Waals surface area contributed by atoms with Crippen LogP contribution < -0.4 is 10.5 Å². The third-order valence-electron chi connectivity index (χ3n) is 1.09. The molecular weight excluding hydrogens is 166 g/mol. The Bertz CT molecular complexity index is 222. The molecule has 0 atom stereocenters. The second-order valence-electron chi connectivity index (χ2n) is 1.72. The molecule has 0 aliphatic heterocycles. The fraction of sp³-hybridized carbons (Fsp3) is 0.333. The van der Waals surface area contributed by atoms with Crippen molar-refractivity contribution in [1.82, 2.24) is 0 Å². The Labute approximate surface area is 68.4 Å². The summed E-state index contributed by atoms with van der Waals surface area (Å²) in [5.74, 6) is 0. The molecule has 1 heterocycles. The molecule has 0 fully saturated rings. The summed E-state index contributed by atoms with van der Waals surface area (Å²) in [5, 5.41) is 0.877. The molecule has 0 aromatic carbocycles. The van der Waals surface area contributed by atoms with E-state index in [2.05, 4.69) is 0 Å². The molecule has 0 unspecified atom stereocenters. The third-order valence-corrected chi connectivity index (χ3v) is 3.35. The van der Waals surface area contributed by atoms with Crippen molar-refractivity contribution < 1.29 is 4.74 Å². The Morgan fingerprint density at radius 3 is 2.70 bits per heavy atom. The van der Waals surface area contributed by atoms with Gasteiger partial charge in [-0.2, -0.15) is 0 Å². The lowest BCUT2D eigenvalue weighted by Gasteiger charge is -1.88. The minimum Gasteiger partial charge on any atom is -0.487 e. The first kappa shape index (κ1) is 7.75. The van der Waals surface area contributed by atoms with Gasteiger partial charge < -0.3 is 10.5 Å². The largest absolute Gasteiger partial charge is 0.487 e. The van der Waals surface area contributed by atoms with Crippen LogP contribution in [0.15, 0.2) is 10.3 Å². The van der Waals surface area contributed by atoms with Crippen LogP contribution in [-0.4, -0.2) is 13.4 Å². The van der Waals surface area contributed by atoms with Gasteiger partial charge in [-0.1, -0.05) is 11.3 Å². The maximum absolute atomic E-state index is 5.64. The zero-order chi connectivity index (χ0) is 7.56. The number of ether oxygens (including phenoxy) is 1. The van der Waals surface area contributed by atoms with E-state index < -0.39 is 0 Å². The van der Waals surface area contributed by atoms with Crippen LogP contribution in [0.1, 0.15) is 0 Å². The number of nitrogens with two attached hydrogens (primary N) is 1. The van der Waals surface area contributed by atoms with Crippen molar-refractivity contribution in [3.05, 3.63) is 6.07 Å². The molecule has 1 aromatic rings. The Balaban J connectivity index is 2.92. The Morgan fingerprint density at radius 2 is 2.40 bits per heavy atom. The Hall–Kier alpha value is -0.350. The van der Waals surface area contributed by atoms with Crippen molar-refractivity contribution >= 4 is 28.8 Å². The van der Waals surface area contributed by atoms with E-state index in [4.69, 9.17) is 10.5 Å². The molecular formula is C6H9NOS2. The van der Waals surface area contributed by atoms with Crippen LogP contribution in [0.4, 0.5) is 5.69 Å². The number of hydrogen-bond acceptors (Lipinski definition) is 4. The van der Waals surface area contributed by atoms with E-state index in [-0.39, 0.29) is 0 Å². The van der Waals surface area contributed by atoms with Gasteiger partial charge in [0.25, 0.3) is 0 Å². The lowest BCUT2D eigenvalue weighted by molar-refractivity contribution is 0.427. The molecule has 0 amide bonds. The number of nitrogen functional groups attached to an aromatic ring is 1. The van der Waals surface area contributed by atoms with Gasteiger partial charge in [0, 0.05) is 6.07 Å². The summed E-state index contributed by atoms with van der Waals surface area (Å²) in [6, 6.07) is 1.84. The average Bonchev–Trinajstić information content (AvgIpc) is 2.30. The van der Waals surface area contributed by atoms with Crippen LogP contribution in [-0.2, 0) is 0 Å². The number of rotatable bonds is 2. The van der Waals surface area contributed by atoms with Crippen molar-refractivity contribution in [2.45, 2.75) is 4.21 Å². The zero-order valence-electron chi connectivity index (χ0n) is 5.88. The van der Waals surface area contributed by atoms with Crippen molar-refractivity contribution in [2.24, 2.45) is 0 Å². The average molecular weight is 175 g/mol. The number of anilines is 1. The smallest absolute Gasteiger partial charge is 0.176 e. The topological polar surface area (TPSA) is 35.2 Å². The van der Waals surface area contributed by atoms with Gasteiger partial charge in [0.15, 0.2) is 5.06 Å². The van der Waals surface area contributed by atoms with Crippen molar-refractivity contribution in [2.75, 3.05) is 19.1 Å². The Morgan fingerprint density at radius 1 is 1.70 bits per heavy atom. The molecule has 2 N–H and O–H groups in total. The van der Waals surface area contributed by atoms with Crippen LogP contribution in [0.2, 0.25) is 0 Å². The molecule has 0 bridgehead atoms. The molecule has 0 spiro atoms. The maximum atomic E-state index is 5.64. The van der Waals surface area contributed by atoms with Gasteiger partial charge in [0.2, 0.25) is 0 Å². The number of thiophene rings is 1. The van der Waals surface area contributed by atoms with E-state index in [0.717, 1.165) is 15.0 Å². The molecule has 0 aliphatic rings. The summed E-state index contributed by atoms with van der Waals surface area (Å²) in [4.78, 5) is 0. The van der Waals surface area contributed by atoms with Gasteiger partial charge in [0.05, 0.1) is 17.0 Å². The van der Waals surface area contributed by atoms with E-state index >= 15 is 0 Å². The van der Waals surface area contributed by atoms with Gasteiger partial charge in [-0.15, -0.1) is 11.8 Å². The number of thioether (sulfide) groups is 1. The highest BCUT2D eigenvalue weighted by molar-refractivity contribution is 8.00. The first-order valence-corrected chi connectivity index (χ1v) is 4.79. The highest BCUT2D eigenvalue weighted by Crippen LogP contribution is 2.36. The van der Waals surface area contributed by atoms with Crippen LogP contribution >= 0.6 is 23.1 Å². The fourth-order valence-electron chi connectivity index (χ4n) is 0.626. The van der Waals surface area contributed by atoms with Gasteiger partial charge >= 0.3 is 0 Å². The first-order valence-electron chi connectivity index (χ1n) is 2.75. The summed E-state index contributed by atoms with van der Waals surface area (Å²) in [6.07, 6.45) is 2.00. The molecule has 0 saturated heterocycles. The second kappa shape index (κ2) is 3.16. The van der Waals surface area contributed by atoms with E-state index in [0.29, 0.717) is 0 Å². The molecule has 10 heavy (non-hydrogen) atoms. The lowest BCUT2D eigenvalue weighted by Crippen LogP contribution is -1.80. The highest BCUT2D eigenvalue weighted by atomic mass is 32.2. The van der Waals surface area contributed by atoms with E-state index in [1.54, 1.807) is 30.2 Å². The van der Waals surface area contributed by atoms with Crippen molar-refractivity contribution in [1.29, 1.82) is 0 Å². The monoisotopic (exact) mass is 175 g/mol. The van der Waals surface area contributed by atoms with E-state index in [9.17, 15) is 0 Å². The molecule has 0 saturated carbocycles. The summed E-state index contributed by atoms with van der Waals surface area (Å²) in [6.45, 7) is 0. The van der Waals surface area contributed by atoms with Gasteiger partial charge in [0.1, 0.15) is 0 Å². The van der Waals surface area contributed by atoms with Gasteiger partial charge in [-0.3, -0.25) is 0 Å². The van der Waals surface area contributed by atoms with E-state index in [1.807, 2.05) is 12.3 Å². The van der Waals surface area contributed by atoms with Crippen LogP contribution in [0.5, 0.6) is 5.06 Å². The normalized spacial score (nSPS) is 9.80. The lowest BCUT2D eigenvalue weighted by atomic mass is 10.5. The van der Waals surface area contributed by atoms with Crippen LogP contribution in [0, 0.1) is 0 Å². The second-order valence-corrected chi connectivity index (χ2v) is 3.81. The molecule has 1 rings (SSSR count). The molecule has 56 valence electrons. The summed E-state index contributed by atoms with van der Waals surface area (Å²) in [7, 11) is 1.65. The van der Waals surface area contributed by atoms with Crippen LogP contribution in [0.3, 0.4) is 0 Å². The van der Waals surface area contributed by atoms with Gasteiger partial charge in [-0.05, 0) is 6.26 Å². The minimum absolute atomic E-state index is 0.814. The highest BCUT2D eigenvalue weighted by Gasteiger charge is 2.03. The number of hydrogen-bond donors (Lipinski definition) is 1. The minimum atomic E-state index is 0.814. The fourth-order valence-corrected chi connectivity index (χ4v) is 2.13. The van der Waals surface area contributed by atoms with E-state index in [1.165, 1.54) is 0 Å².